The van der Waals surface area contributed by atoms with E-state index in [0.717, 1.165) is 0 Å². The molecule has 0 spiro atoms. The molecule has 1 fully saturated rings. The van der Waals surface area contributed by atoms with Crippen LogP contribution in [0, 0.1) is 0 Å². The van der Waals surface area contributed by atoms with Crippen molar-refractivity contribution < 1.29 is 18.0 Å². The van der Waals surface area contributed by atoms with Crippen molar-refractivity contribution >= 4 is 5.91 Å². The molecular formula is C13H24F3N3O. The fraction of sp³-hybridized carbons (Fsp3) is 0.923. The van der Waals surface area contributed by atoms with Gasteiger partial charge in [-0.25, -0.2) is 0 Å². The van der Waals surface area contributed by atoms with Gasteiger partial charge in [-0.1, -0.05) is 6.92 Å². The highest BCUT2D eigenvalue weighted by atomic mass is 19.4. The Bertz CT molecular complexity index is 346. The SMILES string of the molecule is CCNC1(C(N)=O)CCC(N(CC(F)(F)F)C(C)C)C1. The predicted molar refractivity (Wildman–Crippen MR) is 71.1 cm³/mol. The van der Waals surface area contributed by atoms with Crippen molar-refractivity contribution in [2.24, 2.45) is 5.73 Å². The van der Waals surface area contributed by atoms with Gasteiger partial charge in [0.05, 0.1) is 12.1 Å². The van der Waals surface area contributed by atoms with Crippen molar-refractivity contribution in [1.82, 2.24) is 10.2 Å². The smallest absolute Gasteiger partial charge is 0.368 e. The first-order valence-corrected chi connectivity index (χ1v) is 6.98. The van der Waals surface area contributed by atoms with Crippen LogP contribution < -0.4 is 11.1 Å². The molecule has 1 aliphatic rings. The minimum absolute atomic E-state index is 0.230. The lowest BCUT2D eigenvalue weighted by Crippen LogP contribution is -2.55. The first-order chi connectivity index (χ1) is 9.11. The summed E-state index contributed by atoms with van der Waals surface area (Å²) in [5.74, 6) is -0.474. The lowest BCUT2D eigenvalue weighted by molar-refractivity contribution is -0.155. The molecule has 0 saturated heterocycles. The molecular weight excluding hydrogens is 271 g/mol. The zero-order valence-electron chi connectivity index (χ0n) is 12.3. The molecule has 0 radical (unpaired) electrons. The summed E-state index contributed by atoms with van der Waals surface area (Å²) in [6, 6.07) is -0.505. The van der Waals surface area contributed by atoms with Gasteiger partial charge in [0.2, 0.25) is 5.91 Å². The van der Waals surface area contributed by atoms with E-state index in [9.17, 15) is 18.0 Å². The molecule has 0 aliphatic heterocycles. The topological polar surface area (TPSA) is 58.4 Å². The summed E-state index contributed by atoms with van der Waals surface area (Å²) in [4.78, 5) is 13.1. The van der Waals surface area contributed by atoms with E-state index in [0.29, 0.717) is 25.8 Å². The molecule has 0 aromatic rings. The molecule has 1 aliphatic carbocycles. The molecule has 0 bridgehead atoms. The molecule has 7 heteroatoms. The van der Waals surface area contributed by atoms with Crippen molar-refractivity contribution in [3.63, 3.8) is 0 Å². The third kappa shape index (κ3) is 4.09. The Labute approximate surface area is 117 Å². The van der Waals surface area contributed by atoms with Crippen LogP contribution in [0.1, 0.15) is 40.0 Å². The molecule has 2 unspecified atom stereocenters. The van der Waals surface area contributed by atoms with Gasteiger partial charge >= 0.3 is 6.18 Å². The van der Waals surface area contributed by atoms with Crippen LogP contribution in [0.25, 0.3) is 0 Å². The van der Waals surface area contributed by atoms with Gasteiger partial charge in [-0.3, -0.25) is 9.69 Å². The van der Waals surface area contributed by atoms with Crippen molar-refractivity contribution in [3.05, 3.63) is 0 Å². The average molecular weight is 295 g/mol. The van der Waals surface area contributed by atoms with E-state index in [1.54, 1.807) is 13.8 Å². The molecule has 20 heavy (non-hydrogen) atoms. The minimum Gasteiger partial charge on any atom is -0.368 e. The maximum absolute atomic E-state index is 12.7. The number of amides is 1. The molecule has 1 saturated carbocycles. The average Bonchev–Trinajstić information content (AvgIpc) is 2.70. The highest BCUT2D eigenvalue weighted by molar-refractivity contribution is 5.85. The fourth-order valence-electron chi connectivity index (χ4n) is 3.05. The number of halogens is 3. The first kappa shape index (κ1) is 17.2. The van der Waals surface area contributed by atoms with Gasteiger partial charge < -0.3 is 11.1 Å². The van der Waals surface area contributed by atoms with Crippen LogP contribution in [0.3, 0.4) is 0 Å². The van der Waals surface area contributed by atoms with E-state index in [1.807, 2.05) is 6.92 Å². The normalized spacial score (nSPS) is 27.5. The number of nitrogens with two attached hydrogens (primary N) is 1. The number of nitrogens with one attached hydrogen (secondary N) is 1. The van der Waals surface area contributed by atoms with Crippen LogP contribution in [0.15, 0.2) is 0 Å². The Morgan fingerprint density at radius 3 is 2.50 bits per heavy atom. The van der Waals surface area contributed by atoms with Gasteiger partial charge in [-0.15, -0.1) is 0 Å². The molecule has 1 amide bonds. The molecule has 3 N–H and O–H groups in total. The Hall–Kier alpha value is -0.820. The summed E-state index contributed by atoms with van der Waals surface area (Å²) in [6.45, 7) is 4.95. The molecule has 118 valence electrons. The molecule has 0 aromatic carbocycles. The second-order valence-corrected chi connectivity index (χ2v) is 5.75. The van der Waals surface area contributed by atoms with Crippen LogP contribution in [-0.4, -0.2) is 47.7 Å². The van der Waals surface area contributed by atoms with E-state index in [1.165, 1.54) is 4.90 Å². The number of carbonyl (C=O) groups excluding carboxylic acids is 1. The first-order valence-electron chi connectivity index (χ1n) is 6.98. The molecule has 2 atom stereocenters. The molecule has 0 heterocycles. The van der Waals surface area contributed by atoms with Gasteiger partial charge in [0.25, 0.3) is 0 Å². The van der Waals surface area contributed by atoms with E-state index < -0.39 is 24.2 Å². The lowest BCUT2D eigenvalue weighted by Gasteiger charge is -2.34. The Morgan fingerprint density at radius 1 is 1.50 bits per heavy atom. The number of hydrogen-bond acceptors (Lipinski definition) is 3. The summed E-state index contributed by atoms with van der Waals surface area (Å²) in [5.41, 5.74) is 4.58. The zero-order chi connectivity index (χ0) is 15.6. The summed E-state index contributed by atoms with van der Waals surface area (Å²) < 4.78 is 38.0. The maximum atomic E-state index is 12.7. The fourth-order valence-corrected chi connectivity index (χ4v) is 3.05. The van der Waals surface area contributed by atoms with Crippen molar-refractivity contribution in [1.29, 1.82) is 0 Å². The van der Waals surface area contributed by atoms with Gasteiger partial charge in [-0.2, -0.15) is 13.2 Å². The monoisotopic (exact) mass is 295 g/mol. The number of rotatable bonds is 6. The second-order valence-electron chi connectivity index (χ2n) is 5.75. The van der Waals surface area contributed by atoms with Crippen LogP contribution in [0.5, 0.6) is 0 Å². The summed E-state index contributed by atoms with van der Waals surface area (Å²) in [7, 11) is 0. The van der Waals surface area contributed by atoms with Crippen LogP contribution >= 0.6 is 0 Å². The minimum atomic E-state index is -4.24. The number of hydrogen-bond donors (Lipinski definition) is 2. The molecule has 4 nitrogen and oxygen atoms in total. The number of alkyl halides is 3. The Kier molecular flexibility index (Phi) is 5.43. The zero-order valence-corrected chi connectivity index (χ0v) is 12.3. The van der Waals surface area contributed by atoms with Crippen LogP contribution in [0.4, 0.5) is 13.2 Å². The Morgan fingerprint density at radius 2 is 2.10 bits per heavy atom. The third-order valence-electron chi connectivity index (χ3n) is 3.97. The highest BCUT2D eigenvalue weighted by Gasteiger charge is 2.47. The number of primary amides is 1. The van der Waals surface area contributed by atoms with E-state index in [-0.39, 0.29) is 12.1 Å². The molecule has 0 aromatic heterocycles. The lowest BCUT2D eigenvalue weighted by atomic mass is 9.96. The van der Waals surface area contributed by atoms with E-state index in [2.05, 4.69) is 5.32 Å². The highest BCUT2D eigenvalue weighted by Crippen LogP contribution is 2.35. The number of carbonyl (C=O) groups is 1. The van der Waals surface area contributed by atoms with Gasteiger partial charge in [0.1, 0.15) is 0 Å². The number of likely N-dealkylation sites (N-methyl/N-ethyl adjacent to an activating group) is 1. The van der Waals surface area contributed by atoms with Gasteiger partial charge in [0, 0.05) is 12.1 Å². The largest absolute Gasteiger partial charge is 0.401 e. The van der Waals surface area contributed by atoms with E-state index >= 15 is 0 Å². The number of nitrogens with zero attached hydrogens (tertiary/aromatic N) is 1. The summed E-state index contributed by atoms with van der Waals surface area (Å²) in [5, 5.41) is 3.06. The third-order valence-corrected chi connectivity index (χ3v) is 3.97. The van der Waals surface area contributed by atoms with Gasteiger partial charge in [-0.05, 0) is 39.7 Å². The summed E-state index contributed by atoms with van der Waals surface area (Å²) in [6.07, 6.45) is -2.86. The van der Waals surface area contributed by atoms with Crippen molar-refractivity contribution in [2.45, 2.75) is 63.8 Å². The standard InChI is InChI=1S/C13H24F3N3O/c1-4-18-12(11(17)20)6-5-10(7-12)19(9(2)3)8-13(14,15)16/h9-10,18H,4-8H2,1-3H3,(H2,17,20). The quantitative estimate of drug-likeness (QED) is 0.783. The van der Waals surface area contributed by atoms with Crippen molar-refractivity contribution in [2.75, 3.05) is 13.1 Å². The summed E-state index contributed by atoms with van der Waals surface area (Å²) >= 11 is 0. The maximum Gasteiger partial charge on any atom is 0.401 e. The van der Waals surface area contributed by atoms with E-state index in [4.69, 9.17) is 5.73 Å². The predicted octanol–water partition coefficient (Wildman–Crippen LogP) is 1.65. The molecule has 1 rings (SSSR count). The Balaban J connectivity index is 2.84. The van der Waals surface area contributed by atoms with Crippen LogP contribution in [-0.2, 0) is 4.79 Å². The second kappa shape index (κ2) is 6.30. The van der Waals surface area contributed by atoms with Crippen molar-refractivity contribution in [3.8, 4) is 0 Å². The van der Waals surface area contributed by atoms with Crippen LogP contribution in [0.2, 0.25) is 0 Å². The van der Waals surface area contributed by atoms with Gasteiger partial charge in [0.15, 0.2) is 0 Å².